The summed E-state index contributed by atoms with van der Waals surface area (Å²) in [6.45, 7) is 5.48. The molecule has 2 aliphatic heterocycles. The third kappa shape index (κ3) is 3.39. The number of aromatic nitrogens is 2. The zero-order valence-electron chi connectivity index (χ0n) is 15.2. The summed E-state index contributed by atoms with van der Waals surface area (Å²) < 4.78 is 13.1. The first-order valence-electron chi connectivity index (χ1n) is 9.64. The van der Waals surface area contributed by atoms with E-state index in [4.69, 9.17) is 9.47 Å². The molecule has 1 aromatic heterocycles. The molecule has 3 heterocycles. The Morgan fingerprint density at radius 3 is 2.78 bits per heavy atom. The second-order valence-electron chi connectivity index (χ2n) is 7.59. The molecule has 142 valence electrons. The van der Waals surface area contributed by atoms with Crippen LogP contribution < -0.4 is 14.8 Å². The van der Waals surface area contributed by atoms with Crippen molar-refractivity contribution in [3.8, 4) is 11.5 Å². The number of piperidine rings is 1. The van der Waals surface area contributed by atoms with Crippen molar-refractivity contribution in [2.24, 2.45) is 17.8 Å². The van der Waals surface area contributed by atoms with Crippen molar-refractivity contribution in [3.05, 3.63) is 42.2 Å². The quantitative estimate of drug-likeness (QED) is 0.828. The zero-order chi connectivity index (χ0) is 18.2. The average Bonchev–Trinajstić information content (AvgIpc) is 3.05. The van der Waals surface area contributed by atoms with Crippen molar-refractivity contribution in [2.45, 2.75) is 13.1 Å². The smallest absolute Gasteiger partial charge is 0.223 e. The maximum absolute atomic E-state index is 12.4. The lowest BCUT2D eigenvalue weighted by atomic mass is 10.1. The average molecular weight is 368 g/mol. The lowest BCUT2D eigenvalue weighted by Crippen LogP contribution is -2.33. The van der Waals surface area contributed by atoms with Gasteiger partial charge in [0.15, 0.2) is 11.5 Å². The summed E-state index contributed by atoms with van der Waals surface area (Å²) in [5.41, 5.74) is 1.24. The normalized spacial score (nSPS) is 25.9. The van der Waals surface area contributed by atoms with E-state index in [1.165, 1.54) is 5.56 Å². The van der Waals surface area contributed by atoms with Gasteiger partial charge in [0.2, 0.25) is 5.91 Å². The molecule has 2 aromatic rings. The summed E-state index contributed by atoms with van der Waals surface area (Å²) in [5.74, 6) is 3.09. The summed E-state index contributed by atoms with van der Waals surface area (Å²) in [6, 6.07) is 8.08. The van der Waals surface area contributed by atoms with Crippen molar-refractivity contribution in [2.75, 3.05) is 32.8 Å². The predicted molar refractivity (Wildman–Crippen MR) is 98.4 cm³/mol. The van der Waals surface area contributed by atoms with Gasteiger partial charge in [-0.25, -0.2) is 0 Å². The molecule has 27 heavy (non-hydrogen) atoms. The lowest BCUT2D eigenvalue weighted by molar-refractivity contribution is -0.123. The number of carbonyl (C=O) groups excluding carboxylic acids is 1. The first-order valence-corrected chi connectivity index (χ1v) is 9.64. The van der Waals surface area contributed by atoms with Gasteiger partial charge < -0.3 is 14.8 Å². The summed E-state index contributed by atoms with van der Waals surface area (Å²) in [5, 5.41) is 7.21. The highest BCUT2D eigenvalue weighted by molar-refractivity contribution is 5.82. The number of hydrogen-bond acceptors (Lipinski definition) is 5. The van der Waals surface area contributed by atoms with Crippen molar-refractivity contribution in [3.63, 3.8) is 0 Å². The molecule has 1 amide bonds. The van der Waals surface area contributed by atoms with Crippen LogP contribution >= 0.6 is 0 Å². The minimum atomic E-state index is 0.194. The molecule has 0 radical (unpaired) electrons. The Morgan fingerprint density at radius 1 is 1.19 bits per heavy atom. The Labute approximate surface area is 158 Å². The molecule has 1 unspecified atom stereocenters. The van der Waals surface area contributed by atoms with Gasteiger partial charge in [0.05, 0.1) is 6.54 Å². The number of hydrogen-bond donors (Lipinski definition) is 1. The molecular formula is C20H24N4O3. The zero-order valence-corrected chi connectivity index (χ0v) is 15.2. The molecule has 1 N–H and O–H groups in total. The molecule has 1 saturated carbocycles. The maximum Gasteiger partial charge on any atom is 0.223 e. The van der Waals surface area contributed by atoms with Crippen LogP contribution in [0.4, 0.5) is 0 Å². The number of fused-ring (bicyclic) bond motifs is 2. The van der Waals surface area contributed by atoms with Gasteiger partial charge in [-0.05, 0) is 35.6 Å². The van der Waals surface area contributed by atoms with Crippen LogP contribution in [-0.4, -0.2) is 53.4 Å². The number of ether oxygens (including phenoxy) is 2. The molecule has 0 spiro atoms. The van der Waals surface area contributed by atoms with Crippen LogP contribution in [-0.2, 0) is 17.9 Å². The van der Waals surface area contributed by atoms with Gasteiger partial charge in [-0.15, -0.1) is 0 Å². The summed E-state index contributed by atoms with van der Waals surface area (Å²) >= 11 is 0. The molecule has 2 fully saturated rings. The molecule has 7 heteroatoms. The van der Waals surface area contributed by atoms with Crippen LogP contribution in [0.5, 0.6) is 11.5 Å². The molecule has 1 aliphatic carbocycles. The number of benzene rings is 1. The van der Waals surface area contributed by atoms with Gasteiger partial charge in [0.25, 0.3) is 0 Å². The van der Waals surface area contributed by atoms with Crippen LogP contribution in [0, 0.1) is 17.8 Å². The first kappa shape index (κ1) is 16.6. The van der Waals surface area contributed by atoms with E-state index in [0.717, 1.165) is 37.7 Å². The molecule has 0 bridgehead atoms. The second-order valence-corrected chi connectivity index (χ2v) is 7.59. The summed E-state index contributed by atoms with van der Waals surface area (Å²) in [4.78, 5) is 14.8. The Balaban J connectivity index is 1.09. The van der Waals surface area contributed by atoms with Crippen LogP contribution in [0.25, 0.3) is 0 Å². The SMILES string of the molecule is O=C(NCCn1cccn1)C1[C@H]2CN(Cc3ccc4c(c3)OCCO4)C[C@@H]12. The van der Waals surface area contributed by atoms with Crippen LogP contribution in [0.1, 0.15) is 5.56 Å². The standard InChI is InChI=1S/C20H24N4O3/c25-20(21-5-7-24-6-1-4-22-24)19-15-12-23(13-16(15)19)11-14-2-3-17-18(10-14)27-9-8-26-17/h1-4,6,10,15-16,19H,5,7-9,11-13H2,(H,21,25)/t15-,16+,19?. The lowest BCUT2D eigenvalue weighted by Gasteiger charge is -2.22. The van der Waals surface area contributed by atoms with Crippen LogP contribution in [0.3, 0.4) is 0 Å². The molecule has 7 nitrogen and oxygen atoms in total. The third-order valence-electron chi connectivity index (χ3n) is 5.78. The van der Waals surface area contributed by atoms with E-state index in [9.17, 15) is 4.79 Å². The van der Waals surface area contributed by atoms with E-state index in [-0.39, 0.29) is 11.8 Å². The van der Waals surface area contributed by atoms with Crippen molar-refractivity contribution >= 4 is 5.91 Å². The first-order chi connectivity index (χ1) is 13.3. The van der Waals surface area contributed by atoms with Crippen LogP contribution in [0.15, 0.2) is 36.7 Å². The van der Waals surface area contributed by atoms with Gasteiger partial charge in [-0.3, -0.25) is 14.4 Å². The predicted octanol–water partition coefficient (Wildman–Crippen LogP) is 1.15. The van der Waals surface area contributed by atoms with Crippen molar-refractivity contribution < 1.29 is 14.3 Å². The number of nitrogens with zero attached hydrogens (tertiary/aromatic N) is 3. The Kier molecular flexibility index (Phi) is 4.24. The minimum Gasteiger partial charge on any atom is -0.486 e. The van der Waals surface area contributed by atoms with E-state index in [2.05, 4.69) is 27.4 Å². The number of likely N-dealkylation sites (tertiary alicyclic amines) is 1. The Bertz CT molecular complexity index is 811. The fraction of sp³-hybridized carbons (Fsp3) is 0.500. The van der Waals surface area contributed by atoms with E-state index < -0.39 is 0 Å². The van der Waals surface area contributed by atoms with Crippen molar-refractivity contribution in [1.82, 2.24) is 20.0 Å². The van der Waals surface area contributed by atoms with Crippen LogP contribution in [0.2, 0.25) is 0 Å². The fourth-order valence-electron chi connectivity index (χ4n) is 4.42. The fourth-order valence-corrected chi connectivity index (χ4v) is 4.42. The number of nitrogens with one attached hydrogen (secondary N) is 1. The van der Waals surface area contributed by atoms with Gasteiger partial charge >= 0.3 is 0 Å². The number of carbonyl (C=O) groups is 1. The monoisotopic (exact) mass is 368 g/mol. The topological polar surface area (TPSA) is 68.6 Å². The summed E-state index contributed by atoms with van der Waals surface area (Å²) in [6.07, 6.45) is 3.66. The molecule has 5 rings (SSSR count). The highest BCUT2D eigenvalue weighted by atomic mass is 16.6. The Morgan fingerprint density at radius 2 is 2.00 bits per heavy atom. The van der Waals surface area contributed by atoms with Gasteiger partial charge in [0.1, 0.15) is 13.2 Å². The highest BCUT2D eigenvalue weighted by Gasteiger charge is 2.58. The van der Waals surface area contributed by atoms with Gasteiger partial charge in [-0.2, -0.15) is 5.10 Å². The highest BCUT2D eigenvalue weighted by Crippen LogP contribution is 2.52. The third-order valence-corrected chi connectivity index (χ3v) is 5.78. The second kappa shape index (κ2) is 6.88. The molecule has 3 atom stereocenters. The number of rotatable bonds is 6. The summed E-state index contributed by atoms with van der Waals surface area (Å²) in [7, 11) is 0. The number of amides is 1. The molecule has 1 aromatic carbocycles. The van der Waals surface area contributed by atoms with E-state index in [1.807, 2.05) is 23.0 Å². The molecule has 1 saturated heterocycles. The Hall–Kier alpha value is -2.54. The van der Waals surface area contributed by atoms with E-state index >= 15 is 0 Å². The maximum atomic E-state index is 12.4. The van der Waals surface area contributed by atoms with E-state index in [1.54, 1.807) is 6.20 Å². The largest absolute Gasteiger partial charge is 0.486 e. The molecular weight excluding hydrogens is 344 g/mol. The molecule has 3 aliphatic rings. The van der Waals surface area contributed by atoms with E-state index in [0.29, 0.717) is 31.6 Å². The van der Waals surface area contributed by atoms with Gasteiger partial charge in [0, 0.05) is 44.5 Å². The minimum absolute atomic E-state index is 0.194. The van der Waals surface area contributed by atoms with Gasteiger partial charge in [-0.1, -0.05) is 6.07 Å². The van der Waals surface area contributed by atoms with Crippen molar-refractivity contribution in [1.29, 1.82) is 0 Å².